The van der Waals surface area contributed by atoms with Crippen LogP contribution in [-0.4, -0.2) is 90.5 Å². The summed E-state index contributed by atoms with van der Waals surface area (Å²) in [5.74, 6) is -2.88. The Bertz CT molecular complexity index is 1650. The number of amides is 5. The van der Waals surface area contributed by atoms with Gasteiger partial charge in [0, 0.05) is 36.0 Å². The standard InChI is InChI=1S/C36H54N6O7S/c1-32(2,3)27(39-31(47)40-33(4,5)6)30(46)42-21-35(18-25(42)29(45)38-24(26(43)28(37)44)17-22-13-12-14-22)34(7,8)36(35)19-41(20-36)50(48,49)23-15-10-9-11-16-23/h9-11,15-16,22,24-25,27H,12-14,17-21H2,1-8H3,(H2,37,44)(H,38,45)(H2,39,40,47)/t24?,25-,27+,35?/m0/s1. The molecule has 50 heavy (non-hydrogen) atoms. The van der Waals surface area contributed by atoms with E-state index in [-0.39, 0.29) is 43.3 Å². The zero-order valence-electron chi connectivity index (χ0n) is 30.6. The van der Waals surface area contributed by atoms with Crippen molar-refractivity contribution in [1.82, 2.24) is 25.2 Å². The van der Waals surface area contributed by atoms with E-state index in [4.69, 9.17) is 5.73 Å². The average Bonchev–Trinajstić information content (AvgIpc) is 3.19. The summed E-state index contributed by atoms with van der Waals surface area (Å²) in [6.45, 7) is 15.7. The number of sulfonamides is 1. The molecular weight excluding hydrogens is 660 g/mol. The van der Waals surface area contributed by atoms with Gasteiger partial charge in [-0.15, -0.1) is 0 Å². The molecule has 2 spiro atoms. The van der Waals surface area contributed by atoms with E-state index in [1.165, 1.54) is 9.21 Å². The summed E-state index contributed by atoms with van der Waals surface area (Å²) in [6, 6.07) is 4.52. The summed E-state index contributed by atoms with van der Waals surface area (Å²) in [5.41, 5.74) is 2.45. The van der Waals surface area contributed by atoms with Crippen molar-refractivity contribution in [2.75, 3.05) is 19.6 Å². The molecule has 2 saturated carbocycles. The Morgan fingerprint density at radius 2 is 1.52 bits per heavy atom. The Hall–Kier alpha value is -3.52. The number of hydrogen-bond donors (Lipinski definition) is 4. The molecule has 5 N–H and O–H groups in total. The molecule has 4 fully saturated rings. The van der Waals surface area contributed by atoms with Gasteiger partial charge >= 0.3 is 6.03 Å². The summed E-state index contributed by atoms with van der Waals surface area (Å²) in [5, 5.41) is 8.49. The maximum absolute atomic E-state index is 14.7. The molecule has 2 saturated heterocycles. The van der Waals surface area contributed by atoms with Crippen molar-refractivity contribution < 1.29 is 32.4 Å². The van der Waals surface area contributed by atoms with Crippen LogP contribution in [0.15, 0.2) is 35.2 Å². The monoisotopic (exact) mass is 714 g/mol. The highest BCUT2D eigenvalue weighted by Crippen LogP contribution is 2.84. The number of hydrogen-bond acceptors (Lipinski definition) is 7. The minimum Gasteiger partial charge on any atom is -0.363 e. The summed E-state index contributed by atoms with van der Waals surface area (Å²) >= 11 is 0. The van der Waals surface area contributed by atoms with Crippen LogP contribution in [0, 0.1) is 27.6 Å². The van der Waals surface area contributed by atoms with E-state index in [1.54, 1.807) is 30.3 Å². The fourth-order valence-corrected chi connectivity index (χ4v) is 10.2. The molecule has 2 heterocycles. The van der Waals surface area contributed by atoms with Crippen LogP contribution in [0.2, 0.25) is 0 Å². The molecule has 4 aliphatic rings. The summed E-state index contributed by atoms with van der Waals surface area (Å²) in [6.07, 6.45) is 3.26. The Balaban J connectivity index is 1.47. The number of fused-ring (bicyclic) bond motifs is 1. The molecule has 276 valence electrons. The van der Waals surface area contributed by atoms with Gasteiger partial charge in [0.05, 0.1) is 10.9 Å². The molecule has 5 rings (SSSR count). The van der Waals surface area contributed by atoms with Crippen LogP contribution in [0.3, 0.4) is 0 Å². The number of rotatable bonds is 10. The lowest BCUT2D eigenvalue weighted by Gasteiger charge is -2.42. The Labute approximate surface area is 295 Å². The maximum Gasteiger partial charge on any atom is 0.315 e. The highest BCUT2D eigenvalue weighted by Gasteiger charge is 2.88. The van der Waals surface area contributed by atoms with Crippen molar-refractivity contribution in [3.63, 3.8) is 0 Å². The fourth-order valence-electron chi connectivity index (χ4n) is 8.65. The van der Waals surface area contributed by atoms with Gasteiger partial charge in [-0.05, 0) is 62.5 Å². The lowest BCUT2D eigenvalue weighted by atomic mass is 9.80. The van der Waals surface area contributed by atoms with Gasteiger partial charge in [0.25, 0.3) is 5.91 Å². The number of primary amides is 1. The molecule has 13 nitrogen and oxygen atoms in total. The molecule has 1 aromatic rings. The number of urea groups is 1. The third kappa shape index (κ3) is 6.42. The van der Waals surface area contributed by atoms with Crippen LogP contribution >= 0.6 is 0 Å². The Morgan fingerprint density at radius 1 is 0.920 bits per heavy atom. The summed E-state index contributed by atoms with van der Waals surface area (Å²) in [4.78, 5) is 68.7. The molecule has 2 aliphatic heterocycles. The second kappa shape index (κ2) is 12.6. The smallest absolute Gasteiger partial charge is 0.315 e. The first kappa shape index (κ1) is 37.7. The number of nitrogens with one attached hydrogen (secondary N) is 3. The van der Waals surface area contributed by atoms with Gasteiger partial charge in [-0.25, -0.2) is 13.2 Å². The number of nitrogens with two attached hydrogens (primary N) is 1. The molecule has 0 radical (unpaired) electrons. The SMILES string of the molecule is CC(C)(C)NC(=O)N[C@H](C(=O)N1CC2(C[C@H]1C(=O)NC(CC1CCC1)C(=O)C(N)=O)C(C)(C)C21CN(S(=O)(=O)c2ccccc2)C1)C(C)(C)C. The Kier molecular flexibility index (Phi) is 9.51. The van der Waals surface area contributed by atoms with Gasteiger partial charge < -0.3 is 26.6 Å². The quantitative estimate of drug-likeness (QED) is 0.268. The second-order valence-corrected chi connectivity index (χ2v) is 19.5. The van der Waals surface area contributed by atoms with Crippen LogP contribution in [-0.2, 0) is 29.2 Å². The third-order valence-corrected chi connectivity index (χ3v) is 13.8. The summed E-state index contributed by atoms with van der Waals surface area (Å²) in [7, 11) is -3.76. The van der Waals surface area contributed by atoms with Crippen molar-refractivity contribution in [3.8, 4) is 0 Å². The van der Waals surface area contributed by atoms with E-state index in [9.17, 15) is 32.4 Å². The van der Waals surface area contributed by atoms with E-state index < -0.39 is 84.9 Å². The molecule has 1 aromatic carbocycles. The molecule has 2 unspecified atom stereocenters. The van der Waals surface area contributed by atoms with Gasteiger partial charge in [0.1, 0.15) is 12.1 Å². The molecule has 0 bridgehead atoms. The first-order chi connectivity index (χ1) is 23.0. The van der Waals surface area contributed by atoms with Gasteiger partial charge in [-0.1, -0.05) is 72.1 Å². The van der Waals surface area contributed by atoms with Crippen LogP contribution in [0.4, 0.5) is 4.79 Å². The van der Waals surface area contributed by atoms with Crippen molar-refractivity contribution in [2.45, 2.75) is 116 Å². The minimum atomic E-state index is -3.76. The molecule has 4 atom stereocenters. The summed E-state index contributed by atoms with van der Waals surface area (Å²) < 4.78 is 28.5. The van der Waals surface area contributed by atoms with E-state index in [0.29, 0.717) is 0 Å². The largest absolute Gasteiger partial charge is 0.363 e. The van der Waals surface area contributed by atoms with Crippen molar-refractivity contribution in [2.24, 2.45) is 33.3 Å². The maximum atomic E-state index is 14.7. The number of carbonyl (C=O) groups excluding carboxylic acids is 5. The van der Waals surface area contributed by atoms with Gasteiger partial charge in [-0.3, -0.25) is 19.2 Å². The van der Waals surface area contributed by atoms with Gasteiger partial charge in [0.15, 0.2) is 0 Å². The zero-order valence-corrected chi connectivity index (χ0v) is 31.4. The highest BCUT2D eigenvalue weighted by atomic mass is 32.2. The van der Waals surface area contributed by atoms with Crippen molar-refractivity contribution >= 4 is 39.6 Å². The van der Waals surface area contributed by atoms with Crippen LogP contribution in [0.1, 0.15) is 87.5 Å². The topological polar surface area (TPSA) is 188 Å². The first-order valence-electron chi connectivity index (χ1n) is 17.6. The van der Waals surface area contributed by atoms with Crippen LogP contribution in [0.5, 0.6) is 0 Å². The Morgan fingerprint density at radius 3 is 2.02 bits per heavy atom. The number of ketones is 1. The molecule has 0 aromatic heterocycles. The lowest BCUT2D eigenvalue weighted by molar-refractivity contribution is -0.143. The first-order valence-corrected chi connectivity index (χ1v) is 19.0. The molecule has 5 amide bonds. The normalized spacial score (nSPS) is 25.6. The van der Waals surface area contributed by atoms with Crippen molar-refractivity contribution in [3.05, 3.63) is 30.3 Å². The van der Waals surface area contributed by atoms with Gasteiger partial charge in [-0.2, -0.15) is 4.31 Å². The van der Waals surface area contributed by atoms with Gasteiger partial charge in [0.2, 0.25) is 27.6 Å². The fraction of sp³-hybridized carbons (Fsp3) is 0.694. The average molecular weight is 715 g/mol. The lowest BCUT2D eigenvalue weighted by Crippen LogP contribution is -2.61. The predicted octanol–water partition coefficient (Wildman–Crippen LogP) is 2.55. The van der Waals surface area contributed by atoms with E-state index in [1.807, 2.05) is 41.5 Å². The number of likely N-dealkylation sites (tertiary alicyclic amines) is 1. The van der Waals surface area contributed by atoms with Crippen molar-refractivity contribution in [1.29, 1.82) is 0 Å². The molecule has 2 aliphatic carbocycles. The number of carbonyl (C=O) groups is 5. The minimum absolute atomic E-state index is 0.155. The number of Topliss-reactive ketones (excluding diaryl/α,β-unsaturated/α-hetero) is 1. The third-order valence-electron chi connectivity index (χ3n) is 12.0. The second-order valence-electron chi connectivity index (χ2n) is 17.5. The van der Waals surface area contributed by atoms with E-state index >= 15 is 0 Å². The highest BCUT2D eigenvalue weighted by molar-refractivity contribution is 7.89. The van der Waals surface area contributed by atoms with Crippen LogP contribution < -0.4 is 21.7 Å². The predicted molar refractivity (Wildman–Crippen MR) is 187 cm³/mol. The van der Waals surface area contributed by atoms with Crippen LogP contribution in [0.25, 0.3) is 0 Å². The molecular formula is C36H54N6O7S. The van der Waals surface area contributed by atoms with E-state index in [0.717, 1.165) is 19.3 Å². The zero-order chi connectivity index (χ0) is 37.2. The number of nitrogens with zero attached hydrogens (tertiary/aromatic N) is 2. The van der Waals surface area contributed by atoms with E-state index in [2.05, 4.69) is 29.8 Å². The molecule has 14 heteroatoms. The number of benzene rings is 1.